The minimum Gasteiger partial charge on any atom is -0.335 e. The number of rotatable bonds is 2. The van der Waals surface area contributed by atoms with Gasteiger partial charge in [0.05, 0.1) is 11.7 Å². The molecule has 2 rings (SSSR count). The summed E-state index contributed by atoms with van der Waals surface area (Å²) in [5.74, 6) is 0.0459. The van der Waals surface area contributed by atoms with E-state index in [2.05, 4.69) is 10.4 Å². The average Bonchev–Trinajstić information content (AvgIpc) is 2.41. The highest BCUT2D eigenvalue weighted by Crippen LogP contribution is 2.09. The first-order chi connectivity index (χ1) is 7.09. The summed E-state index contributed by atoms with van der Waals surface area (Å²) in [6.45, 7) is 3.67. The third kappa shape index (κ3) is 2.20. The van der Waals surface area contributed by atoms with Crippen LogP contribution in [-0.2, 0) is 7.05 Å². The maximum atomic E-state index is 12.1. The van der Waals surface area contributed by atoms with Crippen molar-refractivity contribution in [3.8, 4) is 0 Å². The first-order valence-electron chi connectivity index (χ1n) is 5.08. The van der Waals surface area contributed by atoms with Gasteiger partial charge in [0.1, 0.15) is 5.69 Å². The molecule has 1 fully saturated rings. The van der Waals surface area contributed by atoms with Gasteiger partial charge in [-0.25, -0.2) is 0 Å². The van der Waals surface area contributed by atoms with Crippen molar-refractivity contribution in [3.63, 3.8) is 0 Å². The van der Waals surface area contributed by atoms with Crippen LogP contribution in [0.2, 0.25) is 0 Å². The molecule has 0 spiro atoms. The van der Waals surface area contributed by atoms with Crippen molar-refractivity contribution < 1.29 is 4.79 Å². The van der Waals surface area contributed by atoms with Crippen LogP contribution in [0.25, 0.3) is 0 Å². The van der Waals surface area contributed by atoms with E-state index in [9.17, 15) is 4.79 Å². The molecule has 1 saturated heterocycles. The Morgan fingerprint density at radius 2 is 2.25 bits per heavy atom. The fraction of sp³-hybridized carbons (Fsp3) is 0.600. The van der Waals surface area contributed by atoms with Gasteiger partial charge in [0, 0.05) is 27.2 Å². The number of halogens is 1. The number of hydrogen-bond donors (Lipinski definition) is 1. The summed E-state index contributed by atoms with van der Waals surface area (Å²) in [7, 11) is 3.64. The van der Waals surface area contributed by atoms with Gasteiger partial charge >= 0.3 is 0 Å². The Hall–Kier alpha value is -1.07. The van der Waals surface area contributed by atoms with Crippen molar-refractivity contribution in [2.45, 2.75) is 13.0 Å². The number of amides is 1. The molecule has 0 unspecified atom stereocenters. The smallest absolute Gasteiger partial charge is 0.272 e. The second-order valence-electron chi connectivity index (χ2n) is 4.02. The molecule has 1 aliphatic heterocycles. The van der Waals surface area contributed by atoms with Crippen molar-refractivity contribution in [1.82, 2.24) is 20.0 Å². The molecule has 0 atom stereocenters. The molecule has 16 heavy (non-hydrogen) atoms. The Balaban J connectivity index is 0.00000128. The number of nitrogens with one attached hydrogen (secondary N) is 1. The number of aromatic nitrogens is 2. The molecule has 5 nitrogen and oxygen atoms in total. The fourth-order valence-corrected chi connectivity index (χ4v) is 1.70. The fourth-order valence-electron chi connectivity index (χ4n) is 1.70. The van der Waals surface area contributed by atoms with E-state index >= 15 is 0 Å². The summed E-state index contributed by atoms with van der Waals surface area (Å²) >= 11 is 0. The Morgan fingerprint density at radius 3 is 2.62 bits per heavy atom. The van der Waals surface area contributed by atoms with Crippen molar-refractivity contribution in [1.29, 1.82) is 0 Å². The van der Waals surface area contributed by atoms with Crippen molar-refractivity contribution in [2.24, 2.45) is 7.05 Å². The van der Waals surface area contributed by atoms with Crippen LogP contribution in [0.15, 0.2) is 6.07 Å². The predicted molar refractivity (Wildman–Crippen MR) is 63.9 cm³/mol. The maximum Gasteiger partial charge on any atom is 0.272 e. The van der Waals surface area contributed by atoms with Gasteiger partial charge in [-0.3, -0.25) is 9.48 Å². The monoisotopic (exact) mass is 244 g/mol. The molecule has 0 aromatic carbocycles. The van der Waals surface area contributed by atoms with Crippen LogP contribution in [0.3, 0.4) is 0 Å². The number of aryl methyl sites for hydroxylation is 2. The summed E-state index contributed by atoms with van der Waals surface area (Å²) in [6.07, 6.45) is 0. The molecule has 1 aromatic heterocycles. The Kier molecular flexibility index (Phi) is 3.93. The largest absolute Gasteiger partial charge is 0.335 e. The van der Waals surface area contributed by atoms with Crippen LogP contribution in [-0.4, -0.2) is 46.8 Å². The zero-order valence-corrected chi connectivity index (χ0v) is 10.5. The summed E-state index contributed by atoms with van der Waals surface area (Å²) in [5.41, 5.74) is 1.53. The molecule has 0 aliphatic carbocycles. The predicted octanol–water partition coefficient (Wildman–Crippen LogP) is 0.194. The Bertz CT molecular complexity index is 386. The van der Waals surface area contributed by atoms with Crippen LogP contribution < -0.4 is 5.32 Å². The van der Waals surface area contributed by atoms with E-state index in [1.165, 1.54) is 0 Å². The van der Waals surface area contributed by atoms with E-state index in [1.807, 2.05) is 20.0 Å². The quantitative estimate of drug-likeness (QED) is 0.808. The third-order valence-electron chi connectivity index (χ3n) is 2.85. The topological polar surface area (TPSA) is 50.2 Å². The van der Waals surface area contributed by atoms with Gasteiger partial charge in [-0.05, 0) is 13.0 Å². The van der Waals surface area contributed by atoms with E-state index in [-0.39, 0.29) is 18.3 Å². The molecule has 2 heterocycles. The molecule has 1 aromatic rings. The van der Waals surface area contributed by atoms with Crippen LogP contribution in [0.1, 0.15) is 16.2 Å². The van der Waals surface area contributed by atoms with E-state index < -0.39 is 0 Å². The summed E-state index contributed by atoms with van der Waals surface area (Å²) in [6, 6.07) is 2.15. The molecule has 0 bridgehead atoms. The number of hydrogen-bond acceptors (Lipinski definition) is 3. The summed E-state index contributed by atoms with van der Waals surface area (Å²) in [5, 5.41) is 7.32. The second kappa shape index (κ2) is 4.84. The molecule has 1 aliphatic rings. The Morgan fingerprint density at radius 1 is 1.62 bits per heavy atom. The van der Waals surface area contributed by atoms with Gasteiger partial charge in [-0.15, -0.1) is 12.4 Å². The third-order valence-corrected chi connectivity index (χ3v) is 2.85. The molecule has 90 valence electrons. The van der Waals surface area contributed by atoms with E-state index in [0.717, 1.165) is 18.8 Å². The number of likely N-dealkylation sites (N-methyl/N-ethyl adjacent to an activating group) is 1. The summed E-state index contributed by atoms with van der Waals surface area (Å²) in [4.78, 5) is 13.8. The molecule has 1 amide bonds. The normalized spacial score (nSPS) is 15.2. The van der Waals surface area contributed by atoms with Crippen molar-refractivity contribution in [2.75, 3.05) is 20.1 Å². The van der Waals surface area contributed by atoms with Crippen LogP contribution in [0, 0.1) is 6.92 Å². The first-order valence-corrected chi connectivity index (χ1v) is 5.08. The second-order valence-corrected chi connectivity index (χ2v) is 4.02. The maximum absolute atomic E-state index is 12.1. The van der Waals surface area contributed by atoms with Gasteiger partial charge in [0.25, 0.3) is 5.91 Å². The SMILES string of the molecule is Cc1cc(C(=O)N(C)C2CNC2)n(C)n1.Cl. The number of nitrogens with zero attached hydrogens (tertiary/aromatic N) is 3. The summed E-state index contributed by atoms with van der Waals surface area (Å²) < 4.78 is 1.64. The van der Waals surface area contributed by atoms with Crippen molar-refractivity contribution >= 4 is 18.3 Å². The van der Waals surface area contributed by atoms with Gasteiger partial charge in [-0.1, -0.05) is 0 Å². The highest BCUT2D eigenvalue weighted by Gasteiger charge is 2.27. The molecule has 0 radical (unpaired) electrons. The number of carbonyl (C=O) groups is 1. The lowest BCUT2D eigenvalue weighted by atomic mass is 10.1. The lowest BCUT2D eigenvalue weighted by Crippen LogP contribution is -2.57. The molecular weight excluding hydrogens is 228 g/mol. The van der Waals surface area contributed by atoms with E-state index in [0.29, 0.717) is 11.7 Å². The number of carbonyl (C=O) groups excluding carboxylic acids is 1. The zero-order valence-electron chi connectivity index (χ0n) is 9.73. The highest BCUT2D eigenvalue weighted by atomic mass is 35.5. The van der Waals surface area contributed by atoms with Crippen LogP contribution >= 0.6 is 12.4 Å². The van der Waals surface area contributed by atoms with E-state index in [4.69, 9.17) is 0 Å². The van der Waals surface area contributed by atoms with Gasteiger partial charge in [0.2, 0.25) is 0 Å². The molecular formula is C10H17ClN4O. The zero-order chi connectivity index (χ0) is 11.0. The van der Waals surface area contributed by atoms with Gasteiger partial charge < -0.3 is 10.2 Å². The average molecular weight is 245 g/mol. The van der Waals surface area contributed by atoms with Gasteiger partial charge in [0.15, 0.2) is 0 Å². The molecule has 0 saturated carbocycles. The Labute approximate surface area is 101 Å². The molecule has 6 heteroatoms. The lowest BCUT2D eigenvalue weighted by Gasteiger charge is -2.35. The van der Waals surface area contributed by atoms with Crippen LogP contribution in [0.4, 0.5) is 0 Å². The first kappa shape index (κ1) is 13.0. The standard InChI is InChI=1S/C10H16N4O.ClH/c1-7-4-9(14(3)12-7)10(15)13(2)8-5-11-6-8;/h4,8,11H,5-6H2,1-3H3;1H. The lowest BCUT2D eigenvalue weighted by molar-refractivity contribution is 0.0670. The molecule has 1 N–H and O–H groups in total. The van der Waals surface area contributed by atoms with E-state index in [1.54, 1.807) is 16.6 Å². The highest BCUT2D eigenvalue weighted by molar-refractivity contribution is 5.92. The minimum atomic E-state index is 0. The van der Waals surface area contributed by atoms with Gasteiger partial charge in [-0.2, -0.15) is 5.10 Å². The van der Waals surface area contributed by atoms with Crippen molar-refractivity contribution in [3.05, 3.63) is 17.5 Å². The van der Waals surface area contributed by atoms with Crippen LogP contribution in [0.5, 0.6) is 0 Å². The minimum absolute atomic E-state index is 0.